The number of amides is 2. The Kier molecular flexibility index (Phi) is 6.14. The molecule has 2 aromatic carbocycles. The molecule has 0 aliphatic rings. The summed E-state index contributed by atoms with van der Waals surface area (Å²) >= 11 is 5.98. The van der Waals surface area contributed by atoms with Crippen LogP contribution in [0.1, 0.15) is 23.7 Å². The van der Waals surface area contributed by atoms with Gasteiger partial charge in [0.15, 0.2) is 5.78 Å². The lowest BCUT2D eigenvalue weighted by atomic mass is 10.1. The predicted molar refractivity (Wildman–Crippen MR) is 96.3 cm³/mol. The summed E-state index contributed by atoms with van der Waals surface area (Å²) in [5.74, 6) is -0.506. The summed E-state index contributed by atoms with van der Waals surface area (Å²) in [4.78, 5) is 35.1. The maximum Gasteiger partial charge on any atom is 0.233 e. The van der Waals surface area contributed by atoms with Gasteiger partial charge in [-0.05, 0) is 49.4 Å². The Hall–Kier alpha value is -2.86. The number of nitrogens with one attached hydrogen (secondary N) is 2. The number of hydrogen-bond donors (Lipinski definition) is 2. The quantitative estimate of drug-likeness (QED) is 0.609. The van der Waals surface area contributed by atoms with Crippen LogP contribution in [0.4, 0.5) is 11.4 Å². The average molecular weight is 361 g/mol. The SMILES string of the molecule is COc1ccc(NC(=O)CC(=O)Nc2ccc(C(C)=O)cc2)cc1Cl. The van der Waals surface area contributed by atoms with Gasteiger partial charge in [-0.2, -0.15) is 0 Å². The fourth-order valence-electron chi connectivity index (χ4n) is 2.09. The highest BCUT2D eigenvalue weighted by atomic mass is 35.5. The lowest BCUT2D eigenvalue weighted by Gasteiger charge is -2.09. The van der Waals surface area contributed by atoms with Gasteiger partial charge in [-0.15, -0.1) is 0 Å². The second-order valence-corrected chi connectivity index (χ2v) is 5.66. The van der Waals surface area contributed by atoms with E-state index in [0.29, 0.717) is 27.7 Å². The highest BCUT2D eigenvalue weighted by molar-refractivity contribution is 6.32. The number of ketones is 1. The van der Waals surface area contributed by atoms with Crippen LogP contribution in [0.15, 0.2) is 42.5 Å². The van der Waals surface area contributed by atoms with Gasteiger partial charge in [0.25, 0.3) is 0 Å². The molecule has 0 aromatic heterocycles. The average Bonchev–Trinajstić information content (AvgIpc) is 2.55. The van der Waals surface area contributed by atoms with Crippen LogP contribution >= 0.6 is 11.6 Å². The number of halogens is 1. The third-order valence-corrected chi connectivity index (χ3v) is 3.63. The van der Waals surface area contributed by atoms with Gasteiger partial charge in [-0.25, -0.2) is 0 Å². The Morgan fingerprint density at radius 3 is 2.04 bits per heavy atom. The Balaban J connectivity index is 1.90. The zero-order valence-corrected chi connectivity index (χ0v) is 14.5. The molecule has 0 atom stereocenters. The number of carbonyl (C=O) groups excluding carboxylic acids is 3. The first-order valence-electron chi connectivity index (χ1n) is 7.43. The molecule has 0 saturated heterocycles. The maximum atomic E-state index is 11.9. The molecule has 0 aliphatic carbocycles. The van der Waals surface area contributed by atoms with Crippen molar-refractivity contribution in [2.45, 2.75) is 13.3 Å². The van der Waals surface area contributed by atoms with Gasteiger partial charge in [-0.3, -0.25) is 14.4 Å². The van der Waals surface area contributed by atoms with Crippen LogP contribution in [0.5, 0.6) is 5.75 Å². The summed E-state index contributed by atoms with van der Waals surface area (Å²) in [5.41, 5.74) is 1.52. The van der Waals surface area contributed by atoms with Crippen molar-refractivity contribution < 1.29 is 19.1 Å². The molecule has 0 saturated carbocycles. The second kappa shape index (κ2) is 8.30. The van der Waals surface area contributed by atoms with E-state index >= 15 is 0 Å². The van der Waals surface area contributed by atoms with Gasteiger partial charge in [0.1, 0.15) is 12.2 Å². The third kappa shape index (κ3) is 5.32. The number of carbonyl (C=O) groups is 3. The smallest absolute Gasteiger partial charge is 0.233 e. The summed E-state index contributed by atoms with van der Waals surface area (Å²) in [5, 5.41) is 5.54. The van der Waals surface area contributed by atoms with Crippen molar-refractivity contribution >= 4 is 40.6 Å². The van der Waals surface area contributed by atoms with Crippen molar-refractivity contribution in [2.24, 2.45) is 0 Å². The standard InChI is InChI=1S/C18H17ClN2O4/c1-11(22)12-3-5-13(6-4-12)20-17(23)10-18(24)21-14-7-8-16(25-2)15(19)9-14/h3-9H,10H2,1-2H3,(H,20,23)(H,21,24). The van der Waals surface area contributed by atoms with E-state index in [-0.39, 0.29) is 12.2 Å². The van der Waals surface area contributed by atoms with Crippen molar-refractivity contribution in [1.29, 1.82) is 0 Å². The first-order chi connectivity index (χ1) is 11.9. The van der Waals surface area contributed by atoms with Crippen molar-refractivity contribution in [3.63, 3.8) is 0 Å². The number of rotatable bonds is 6. The molecule has 2 rings (SSSR count). The van der Waals surface area contributed by atoms with E-state index in [4.69, 9.17) is 16.3 Å². The number of hydrogen-bond acceptors (Lipinski definition) is 4. The Labute approximate surface area is 150 Å². The molecule has 7 heteroatoms. The summed E-state index contributed by atoms with van der Waals surface area (Å²) < 4.78 is 5.03. The largest absolute Gasteiger partial charge is 0.495 e. The van der Waals surface area contributed by atoms with Crippen molar-refractivity contribution in [2.75, 3.05) is 17.7 Å². The normalized spacial score (nSPS) is 10.0. The monoisotopic (exact) mass is 360 g/mol. The molecule has 2 amide bonds. The number of methoxy groups -OCH3 is 1. The first kappa shape index (κ1) is 18.5. The topological polar surface area (TPSA) is 84.5 Å². The number of anilines is 2. The number of benzene rings is 2. The molecule has 0 fully saturated rings. The third-order valence-electron chi connectivity index (χ3n) is 3.33. The number of Topliss-reactive ketones (excluding diaryl/α,β-unsaturated/α-hetero) is 1. The number of ether oxygens (including phenoxy) is 1. The van der Waals surface area contributed by atoms with Gasteiger partial charge in [0, 0.05) is 16.9 Å². The fraction of sp³-hybridized carbons (Fsp3) is 0.167. The van der Waals surface area contributed by atoms with Crippen LogP contribution in [0, 0.1) is 0 Å². The van der Waals surface area contributed by atoms with Gasteiger partial charge < -0.3 is 15.4 Å². The molecule has 130 valence electrons. The second-order valence-electron chi connectivity index (χ2n) is 5.26. The van der Waals surface area contributed by atoms with E-state index < -0.39 is 11.8 Å². The van der Waals surface area contributed by atoms with E-state index in [1.165, 1.54) is 20.1 Å². The van der Waals surface area contributed by atoms with Crippen LogP contribution in [0.2, 0.25) is 5.02 Å². The van der Waals surface area contributed by atoms with Crippen LogP contribution in [-0.4, -0.2) is 24.7 Å². The molecular formula is C18H17ClN2O4. The highest BCUT2D eigenvalue weighted by Crippen LogP contribution is 2.27. The van der Waals surface area contributed by atoms with Crippen LogP contribution in [-0.2, 0) is 9.59 Å². The van der Waals surface area contributed by atoms with Crippen molar-refractivity contribution in [3.8, 4) is 5.75 Å². The Bertz CT molecular complexity index is 803. The zero-order valence-electron chi connectivity index (χ0n) is 13.8. The molecule has 0 bridgehead atoms. The Morgan fingerprint density at radius 2 is 1.52 bits per heavy atom. The van der Waals surface area contributed by atoms with Crippen molar-refractivity contribution in [1.82, 2.24) is 0 Å². The lowest BCUT2D eigenvalue weighted by Crippen LogP contribution is -2.21. The molecule has 0 radical (unpaired) electrons. The summed E-state index contributed by atoms with van der Waals surface area (Å²) in [7, 11) is 1.49. The van der Waals surface area contributed by atoms with Crippen LogP contribution in [0.3, 0.4) is 0 Å². The summed E-state index contributed by atoms with van der Waals surface area (Å²) in [6.07, 6.45) is -0.349. The van der Waals surface area contributed by atoms with Crippen molar-refractivity contribution in [3.05, 3.63) is 53.1 Å². The fourth-order valence-corrected chi connectivity index (χ4v) is 2.35. The minimum Gasteiger partial charge on any atom is -0.495 e. The van der Waals surface area contributed by atoms with E-state index in [9.17, 15) is 14.4 Å². The molecule has 2 aromatic rings. The molecule has 2 N–H and O–H groups in total. The molecular weight excluding hydrogens is 344 g/mol. The van der Waals surface area contributed by atoms with E-state index in [0.717, 1.165) is 0 Å². The molecule has 0 aliphatic heterocycles. The maximum absolute atomic E-state index is 11.9. The van der Waals surface area contributed by atoms with Gasteiger partial charge in [0.05, 0.1) is 12.1 Å². The summed E-state index contributed by atoms with van der Waals surface area (Å²) in [6.45, 7) is 1.46. The first-order valence-corrected chi connectivity index (χ1v) is 7.81. The predicted octanol–water partition coefficient (Wildman–Crippen LogP) is 3.52. The van der Waals surface area contributed by atoms with E-state index in [1.807, 2.05) is 0 Å². The Morgan fingerprint density at radius 1 is 0.960 bits per heavy atom. The molecule has 0 spiro atoms. The van der Waals surface area contributed by atoms with Gasteiger partial charge in [-0.1, -0.05) is 11.6 Å². The molecule has 0 heterocycles. The van der Waals surface area contributed by atoms with Crippen LogP contribution < -0.4 is 15.4 Å². The summed E-state index contributed by atoms with van der Waals surface area (Å²) in [6, 6.07) is 11.2. The molecule has 0 unspecified atom stereocenters. The zero-order chi connectivity index (χ0) is 18.4. The molecule has 6 nitrogen and oxygen atoms in total. The van der Waals surface area contributed by atoms with E-state index in [2.05, 4.69) is 10.6 Å². The van der Waals surface area contributed by atoms with Gasteiger partial charge >= 0.3 is 0 Å². The minimum absolute atomic E-state index is 0.0598. The highest BCUT2D eigenvalue weighted by Gasteiger charge is 2.11. The molecule has 25 heavy (non-hydrogen) atoms. The minimum atomic E-state index is -0.473. The van der Waals surface area contributed by atoms with Gasteiger partial charge in [0.2, 0.25) is 11.8 Å². The van der Waals surface area contributed by atoms with E-state index in [1.54, 1.807) is 36.4 Å². The lowest BCUT2D eigenvalue weighted by molar-refractivity contribution is -0.123. The van der Waals surface area contributed by atoms with Crippen LogP contribution in [0.25, 0.3) is 0 Å².